The quantitative estimate of drug-likeness (QED) is 0.783. The third-order valence-electron chi connectivity index (χ3n) is 4.91. The summed E-state index contributed by atoms with van der Waals surface area (Å²) in [6.45, 7) is 5.17. The lowest BCUT2D eigenvalue weighted by molar-refractivity contribution is -0.138. The maximum absolute atomic E-state index is 12.9. The van der Waals surface area contributed by atoms with Crippen molar-refractivity contribution < 1.29 is 9.53 Å². The molecule has 0 heterocycles. The number of carbonyl (C=O) groups excluding carboxylic acids is 1. The van der Waals surface area contributed by atoms with Gasteiger partial charge in [0.1, 0.15) is 5.75 Å². The molecule has 0 bridgehead atoms. The Morgan fingerprint density at radius 1 is 1.08 bits per heavy atom. The van der Waals surface area contributed by atoms with Crippen molar-refractivity contribution in [2.45, 2.75) is 52.2 Å². The number of hydrogen-bond donors (Lipinski definition) is 0. The number of aryl methyl sites for hydroxylation is 1. The van der Waals surface area contributed by atoms with Crippen molar-refractivity contribution in [2.24, 2.45) is 0 Å². The molecule has 0 N–H and O–H groups in total. The van der Waals surface area contributed by atoms with Gasteiger partial charge < -0.3 is 9.64 Å². The van der Waals surface area contributed by atoms with E-state index in [1.165, 1.54) is 24.0 Å². The molecule has 0 radical (unpaired) electrons. The van der Waals surface area contributed by atoms with Crippen LogP contribution >= 0.6 is 0 Å². The second-order valence-corrected chi connectivity index (χ2v) is 6.70. The second kappa shape index (κ2) is 8.19. The first-order valence-electron chi connectivity index (χ1n) is 9.29. The number of fused-ring (bicyclic) bond motifs is 1. The van der Waals surface area contributed by atoms with Crippen LogP contribution in [-0.4, -0.2) is 23.5 Å². The van der Waals surface area contributed by atoms with Crippen LogP contribution in [0.2, 0.25) is 0 Å². The van der Waals surface area contributed by atoms with Crippen molar-refractivity contribution in [3.05, 3.63) is 65.2 Å². The van der Waals surface area contributed by atoms with Gasteiger partial charge in [0.15, 0.2) is 6.10 Å². The Morgan fingerprint density at radius 2 is 1.84 bits per heavy atom. The van der Waals surface area contributed by atoms with Gasteiger partial charge in [0, 0.05) is 13.1 Å². The summed E-state index contributed by atoms with van der Waals surface area (Å²) in [6.07, 6.45) is 4.13. The van der Waals surface area contributed by atoms with Crippen LogP contribution < -0.4 is 4.74 Å². The summed E-state index contributed by atoms with van der Waals surface area (Å²) < 4.78 is 6.10. The van der Waals surface area contributed by atoms with E-state index in [1.54, 1.807) is 0 Å². The van der Waals surface area contributed by atoms with Gasteiger partial charge in [0.05, 0.1) is 0 Å². The molecule has 25 heavy (non-hydrogen) atoms. The predicted molar refractivity (Wildman–Crippen MR) is 101 cm³/mol. The van der Waals surface area contributed by atoms with Crippen LogP contribution in [0.3, 0.4) is 0 Å². The number of carbonyl (C=O) groups is 1. The number of likely N-dealkylation sites (N-methyl/N-ethyl adjacent to an activating group) is 1. The molecular formula is C22H27NO2. The highest BCUT2D eigenvalue weighted by Crippen LogP contribution is 2.30. The smallest absolute Gasteiger partial charge is 0.263 e. The fraction of sp³-hybridized carbons (Fsp3) is 0.409. The van der Waals surface area contributed by atoms with Gasteiger partial charge in [-0.1, -0.05) is 42.5 Å². The summed E-state index contributed by atoms with van der Waals surface area (Å²) in [6, 6.07) is 16.3. The summed E-state index contributed by atoms with van der Waals surface area (Å²) >= 11 is 0. The fourth-order valence-electron chi connectivity index (χ4n) is 3.50. The van der Waals surface area contributed by atoms with Gasteiger partial charge in [-0.3, -0.25) is 4.79 Å². The molecule has 0 aromatic heterocycles. The molecule has 0 saturated carbocycles. The number of nitrogens with zero attached hydrogens (tertiary/aromatic N) is 1. The zero-order valence-electron chi connectivity index (χ0n) is 15.2. The first kappa shape index (κ1) is 17.5. The molecule has 0 spiro atoms. The van der Waals surface area contributed by atoms with E-state index in [-0.39, 0.29) is 5.91 Å². The van der Waals surface area contributed by atoms with E-state index in [0.29, 0.717) is 13.1 Å². The fourth-order valence-corrected chi connectivity index (χ4v) is 3.50. The lowest BCUT2D eigenvalue weighted by atomic mass is 9.91. The molecule has 2 aromatic rings. The van der Waals surface area contributed by atoms with Crippen LogP contribution in [-0.2, 0) is 24.2 Å². The Morgan fingerprint density at radius 3 is 2.60 bits per heavy atom. The molecule has 132 valence electrons. The van der Waals surface area contributed by atoms with Gasteiger partial charge >= 0.3 is 0 Å². The monoisotopic (exact) mass is 337 g/mol. The Hall–Kier alpha value is -2.29. The highest BCUT2D eigenvalue weighted by molar-refractivity contribution is 5.81. The SMILES string of the molecule is CCN(Cc1ccccc1)C(=O)[C@H](C)Oc1cccc2c1CCCC2. The molecule has 3 rings (SSSR count). The standard InChI is InChI=1S/C22H27NO2/c1-3-23(16-18-10-5-4-6-11-18)22(24)17(2)25-21-15-9-13-19-12-7-8-14-20(19)21/h4-6,9-11,13,15,17H,3,7-8,12,14,16H2,1-2H3/t17-/m0/s1. The number of hydrogen-bond acceptors (Lipinski definition) is 2. The van der Waals surface area contributed by atoms with Crippen LogP contribution in [0, 0.1) is 0 Å². The van der Waals surface area contributed by atoms with E-state index < -0.39 is 6.10 Å². The molecule has 1 amide bonds. The topological polar surface area (TPSA) is 29.5 Å². The Bertz CT molecular complexity index is 711. The lowest BCUT2D eigenvalue weighted by Crippen LogP contribution is -2.40. The van der Waals surface area contributed by atoms with Gasteiger partial charge in [-0.05, 0) is 62.3 Å². The van der Waals surface area contributed by atoms with Crippen molar-refractivity contribution in [2.75, 3.05) is 6.54 Å². The Balaban J connectivity index is 1.69. The number of benzene rings is 2. The summed E-state index contributed by atoms with van der Waals surface area (Å²) in [4.78, 5) is 14.7. The number of rotatable bonds is 6. The minimum Gasteiger partial charge on any atom is -0.481 e. The Kier molecular flexibility index (Phi) is 5.75. The van der Waals surface area contributed by atoms with E-state index in [0.717, 1.165) is 24.2 Å². The molecule has 0 fully saturated rings. The summed E-state index contributed by atoms with van der Waals surface area (Å²) in [7, 11) is 0. The minimum absolute atomic E-state index is 0.0414. The molecule has 2 aromatic carbocycles. The van der Waals surface area contributed by atoms with Gasteiger partial charge in [0.25, 0.3) is 5.91 Å². The third-order valence-corrected chi connectivity index (χ3v) is 4.91. The van der Waals surface area contributed by atoms with E-state index in [4.69, 9.17) is 4.74 Å². The highest BCUT2D eigenvalue weighted by atomic mass is 16.5. The van der Waals surface area contributed by atoms with Crippen LogP contribution in [0.1, 0.15) is 43.4 Å². The molecule has 3 heteroatoms. The first-order chi connectivity index (χ1) is 12.2. The maximum Gasteiger partial charge on any atom is 0.263 e. The van der Waals surface area contributed by atoms with E-state index in [9.17, 15) is 4.79 Å². The highest BCUT2D eigenvalue weighted by Gasteiger charge is 2.23. The average Bonchev–Trinajstić information content (AvgIpc) is 2.66. The summed E-state index contributed by atoms with van der Waals surface area (Å²) in [5.41, 5.74) is 3.81. The lowest BCUT2D eigenvalue weighted by Gasteiger charge is -2.26. The van der Waals surface area contributed by atoms with Crippen molar-refractivity contribution in [3.63, 3.8) is 0 Å². The van der Waals surface area contributed by atoms with Gasteiger partial charge in [-0.15, -0.1) is 0 Å². The molecular weight excluding hydrogens is 310 g/mol. The predicted octanol–water partition coefficient (Wildman–Crippen LogP) is 4.38. The molecule has 0 unspecified atom stereocenters. The van der Waals surface area contributed by atoms with Gasteiger partial charge in [-0.2, -0.15) is 0 Å². The average molecular weight is 337 g/mol. The molecule has 1 atom stereocenters. The van der Waals surface area contributed by atoms with Crippen molar-refractivity contribution in [1.82, 2.24) is 4.90 Å². The van der Waals surface area contributed by atoms with E-state index in [1.807, 2.05) is 49.1 Å². The van der Waals surface area contributed by atoms with E-state index in [2.05, 4.69) is 18.2 Å². The van der Waals surface area contributed by atoms with Crippen LogP contribution in [0.4, 0.5) is 0 Å². The normalized spacial score (nSPS) is 14.5. The first-order valence-corrected chi connectivity index (χ1v) is 9.29. The van der Waals surface area contributed by atoms with E-state index >= 15 is 0 Å². The second-order valence-electron chi connectivity index (χ2n) is 6.70. The van der Waals surface area contributed by atoms with Crippen LogP contribution in [0.25, 0.3) is 0 Å². The Labute approximate surface area is 150 Å². The van der Waals surface area contributed by atoms with Crippen molar-refractivity contribution >= 4 is 5.91 Å². The van der Waals surface area contributed by atoms with Gasteiger partial charge in [-0.25, -0.2) is 0 Å². The zero-order chi connectivity index (χ0) is 17.6. The molecule has 3 nitrogen and oxygen atoms in total. The zero-order valence-corrected chi connectivity index (χ0v) is 15.2. The van der Waals surface area contributed by atoms with Crippen molar-refractivity contribution in [3.8, 4) is 5.75 Å². The van der Waals surface area contributed by atoms with Crippen molar-refractivity contribution in [1.29, 1.82) is 0 Å². The molecule has 1 aliphatic rings. The van der Waals surface area contributed by atoms with Gasteiger partial charge in [0.2, 0.25) is 0 Å². The number of ether oxygens (including phenoxy) is 1. The summed E-state index contributed by atoms with van der Waals surface area (Å²) in [5.74, 6) is 0.925. The minimum atomic E-state index is -0.475. The molecule has 0 aliphatic heterocycles. The van der Waals surface area contributed by atoms with Crippen LogP contribution in [0.5, 0.6) is 5.75 Å². The third kappa shape index (κ3) is 4.22. The summed E-state index contributed by atoms with van der Waals surface area (Å²) in [5, 5.41) is 0. The maximum atomic E-state index is 12.9. The molecule has 0 saturated heterocycles. The largest absolute Gasteiger partial charge is 0.481 e. The molecule has 1 aliphatic carbocycles. The van der Waals surface area contributed by atoms with Crippen LogP contribution in [0.15, 0.2) is 48.5 Å². The number of amides is 1.